The summed E-state index contributed by atoms with van der Waals surface area (Å²) in [5, 5.41) is 14.2. The van der Waals surface area contributed by atoms with Gasteiger partial charge < -0.3 is 14.9 Å². The van der Waals surface area contributed by atoms with Gasteiger partial charge in [-0.05, 0) is 62.4 Å². The molecule has 0 saturated carbocycles. The molecule has 0 aromatic carbocycles. The van der Waals surface area contributed by atoms with Crippen LogP contribution in [-0.2, 0) is 20.9 Å². The summed E-state index contributed by atoms with van der Waals surface area (Å²) in [5.41, 5.74) is 1.93. The molecule has 3 aliphatic rings. The van der Waals surface area contributed by atoms with Crippen molar-refractivity contribution in [2.24, 2.45) is 5.41 Å². The number of carboxylic acids is 2. The largest absolute Gasteiger partial charge is 0.490 e. The summed E-state index contributed by atoms with van der Waals surface area (Å²) in [6.07, 6.45) is -0.951. The van der Waals surface area contributed by atoms with E-state index < -0.39 is 24.3 Å². The fourth-order valence-corrected chi connectivity index (χ4v) is 4.49. The van der Waals surface area contributed by atoms with E-state index in [2.05, 4.69) is 20.9 Å². The first-order chi connectivity index (χ1) is 16.7. The van der Waals surface area contributed by atoms with Gasteiger partial charge in [0.15, 0.2) is 0 Å². The number of aromatic nitrogens is 1. The van der Waals surface area contributed by atoms with Crippen LogP contribution in [0.5, 0.6) is 0 Å². The molecular weight excluding hydrogens is 500 g/mol. The summed E-state index contributed by atoms with van der Waals surface area (Å²) in [6, 6.07) is 4.94. The van der Waals surface area contributed by atoms with Crippen LogP contribution in [-0.4, -0.2) is 94.7 Å². The fourth-order valence-electron chi connectivity index (χ4n) is 4.49. The number of carbonyl (C=O) groups is 2. The second kappa shape index (κ2) is 12.7. The van der Waals surface area contributed by atoms with Crippen LogP contribution in [0.3, 0.4) is 0 Å². The lowest BCUT2D eigenvalue weighted by Gasteiger charge is -2.41. The standard InChI is InChI=1S/C18H27N3O.2C2HF3O2/c1-2-16(12-19-7-1)13-20-8-4-18(15-20)5-9-21(10-6-18)17-3-11-22-14-17;2*3-2(4,5)1(6)7/h1-2,7,12,17H,3-6,8-11,13-15H2;2*(H,6,7). The lowest BCUT2D eigenvalue weighted by molar-refractivity contribution is -0.193. The molecular formula is C22H29F6N3O5. The number of likely N-dealkylation sites (tertiary alicyclic amines) is 2. The van der Waals surface area contributed by atoms with Crippen LogP contribution < -0.4 is 0 Å². The molecule has 1 unspecified atom stereocenters. The molecule has 0 bridgehead atoms. The lowest BCUT2D eigenvalue weighted by Crippen LogP contribution is -2.46. The number of hydrogen-bond acceptors (Lipinski definition) is 6. The van der Waals surface area contributed by atoms with Gasteiger partial charge in [0.1, 0.15) is 0 Å². The Bertz CT molecular complexity index is 815. The van der Waals surface area contributed by atoms with Gasteiger partial charge in [-0.15, -0.1) is 0 Å². The summed E-state index contributed by atoms with van der Waals surface area (Å²) >= 11 is 0. The summed E-state index contributed by atoms with van der Waals surface area (Å²) in [4.78, 5) is 27.3. The molecule has 0 aliphatic carbocycles. The second-order valence-electron chi connectivity index (χ2n) is 8.98. The zero-order valence-electron chi connectivity index (χ0n) is 19.4. The molecule has 204 valence electrons. The van der Waals surface area contributed by atoms with Crippen molar-refractivity contribution in [2.45, 2.75) is 50.6 Å². The average molecular weight is 529 g/mol. The van der Waals surface area contributed by atoms with Gasteiger partial charge in [0, 0.05) is 38.1 Å². The van der Waals surface area contributed by atoms with Crippen molar-refractivity contribution >= 4 is 11.9 Å². The van der Waals surface area contributed by atoms with Crippen LogP contribution in [0.2, 0.25) is 0 Å². The van der Waals surface area contributed by atoms with Crippen LogP contribution in [0.4, 0.5) is 26.3 Å². The maximum absolute atomic E-state index is 10.6. The Balaban J connectivity index is 0.000000271. The van der Waals surface area contributed by atoms with E-state index in [4.69, 9.17) is 24.5 Å². The van der Waals surface area contributed by atoms with Crippen molar-refractivity contribution in [1.82, 2.24) is 14.8 Å². The first-order valence-electron chi connectivity index (χ1n) is 11.3. The molecule has 14 heteroatoms. The number of ether oxygens (including phenoxy) is 1. The Kier molecular flexibility index (Phi) is 10.5. The van der Waals surface area contributed by atoms with Crippen molar-refractivity contribution in [3.63, 3.8) is 0 Å². The molecule has 4 heterocycles. The van der Waals surface area contributed by atoms with Gasteiger partial charge in [0.05, 0.1) is 6.61 Å². The summed E-state index contributed by atoms with van der Waals surface area (Å²) in [5.74, 6) is -5.51. The number of pyridine rings is 1. The minimum absolute atomic E-state index is 0.582. The number of nitrogens with zero attached hydrogens (tertiary/aromatic N) is 3. The van der Waals surface area contributed by atoms with E-state index in [9.17, 15) is 26.3 Å². The molecule has 3 saturated heterocycles. The number of halogens is 6. The highest BCUT2D eigenvalue weighted by atomic mass is 19.4. The number of piperidine rings is 1. The van der Waals surface area contributed by atoms with E-state index in [1.54, 1.807) is 0 Å². The van der Waals surface area contributed by atoms with Crippen LogP contribution in [0.1, 0.15) is 31.2 Å². The molecule has 4 rings (SSSR count). The predicted molar refractivity (Wildman–Crippen MR) is 114 cm³/mol. The normalized spacial score (nSPS) is 22.3. The van der Waals surface area contributed by atoms with Crippen molar-refractivity contribution in [1.29, 1.82) is 0 Å². The summed E-state index contributed by atoms with van der Waals surface area (Å²) < 4.78 is 69.0. The molecule has 3 aliphatic heterocycles. The lowest BCUT2D eigenvalue weighted by atomic mass is 9.77. The number of rotatable bonds is 3. The molecule has 0 amide bonds. The van der Waals surface area contributed by atoms with Gasteiger partial charge in [-0.1, -0.05) is 6.07 Å². The molecule has 2 N–H and O–H groups in total. The van der Waals surface area contributed by atoms with Gasteiger partial charge in [0.2, 0.25) is 0 Å². The van der Waals surface area contributed by atoms with Gasteiger partial charge in [-0.3, -0.25) is 14.8 Å². The Labute approximate surface area is 203 Å². The molecule has 1 aromatic rings. The topological polar surface area (TPSA) is 103 Å². The fraction of sp³-hybridized carbons (Fsp3) is 0.682. The molecule has 3 fully saturated rings. The zero-order valence-corrected chi connectivity index (χ0v) is 19.4. The van der Waals surface area contributed by atoms with Crippen LogP contribution in [0.15, 0.2) is 24.5 Å². The number of aliphatic carboxylic acids is 2. The van der Waals surface area contributed by atoms with E-state index in [-0.39, 0.29) is 0 Å². The molecule has 36 heavy (non-hydrogen) atoms. The van der Waals surface area contributed by atoms with E-state index in [1.165, 1.54) is 57.4 Å². The van der Waals surface area contributed by atoms with Gasteiger partial charge >= 0.3 is 24.3 Å². The molecule has 8 nitrogen and oxygen atoms in total. The maximum Gasteiger partial charge on any atom is 0.490 e. The molecule has 1 atom stereocenters. The Morgan fingerprint density at radius 2 is 1.58 bits per heavy atom. The quantitative estimate of drug-likeness (QED) is 0.575. The third-order valence-corrected chi connectivity index (χ3v) is 6.41. The molecule has 0 radical (unpaired) electrons. The Morgan fingerprint density at radius 3 is 2.03 bits per heavy atom. The Morgan fingerprint density at radius 1 is 1.03 bits per heavy atom. The van der Waals surface area contributed by atoms with Gasteiger partial charge in [0.25, 0.3) is 0 Å². The van der Waals surface area contributed by atoms with Crippen molar-refractivity contribution in [3.8, 4) is 0 Å². The predicted octanol–water partition coefficient (Wildman–Crippen LogP) is 3.43. The van der Waals surface area contributed by atoms with Crippen LogP contribution >= 0.6 is 0 Å². The maximum atomic E-state index is 10.6. The van der Waals surface area contributed by atoms with E-state index in [1.807, 2.05) is 18.5 Å². The first-order valence-corrected chi connectivity index (χ1v) is 11.3. The summed E-state index contributed by atoms with van der Waals surface area (Å²) in [6.45, 7) is 8.06. The minimum atomic E-state index is -5.08. The van der Waals surface area contributed by atoms with E-state index in [0.717, 1.165) is 19.8 Å². The highest BCUT2D eigenvalue weighted by Crippen LogP contribution is 2.41. The highest BCUT2D eigenvalue weighted by Gasteiger charge is 2.42. The summed E-state index contributed by atoms with van der Waals surface area (Å²) in [7, 11) is 0. The van der Waals surface area contributed by atoms with E-state index >= 15 is 0 Å². The van der Waals surface area contributed by atoms with E-state index in [0.29, 0.717) is 11.5 Å². The number of alkyl halides is 6. The van der Waals surface area contributed by atoms with Gasteiger partial charge in [-0.25, -0.2) is 9.59 Å². The molecule has 1 spiro atoms. The monoisotopic (exact) mass is 529 g/mol. The SMILES string of the molecule is O=C(O)C(F)(F)F.O=C(O)C(F)(F)F.c1cncc(CN2CCC3(CCN(C4CCOC4)CC3)C2)c1. The first kappa shape index (κ1) is 29.8. The van der Waals surface area contributed by atoms with Crippen molar-refractivity contribution in [3.05, 3.63) is 30.1 Å². The van der Waals surface area contributed by atoms with Gasteiger partial charge in [-0.2, -0.15) is 26.3 Å². The van der Waals surface area contributed by atoms with Crippen molar-refractivity contribution in [2.75, 3.05) is 39.4 Å². The Hall–Kier alpha value is -2.45. The smallest absolute Gasteiger partial charge is 0.475 e. The van der Waals surface area contributed by atoms with Crippen LogP contribution in [0, 0.1) is 5.41 Å². The van der Waals surface area contributed by atoms with Crippen molar-refractivity contribution < 1.29 is 50.9 Å². The minimum Gasteiger partial charge on any atom is -0.475 e. The average Bonchev–Trinajstić information content (AvgIpc) is 3.46. The number of carboxylic acid groups (broad SMARTS) is 2. The van der Waals surface area contributed by atoms with Crippen LogP contribution in [0.25, 0.3) is 0 Å². The second-order valence-corrected chi connectivity index (χ2v) is 8.98. The highest BCUT2D eigenvalue weighted by molar-refractivity contribution is 5.73. The molecule has 1 aromatic heterocycles. The third kappa shape index (κ3) is 9.54. The zero-order chi connectivity index (χ0) is 27.0. The third-order valence-electron chi connectivity index (χ3n) is 6.41. The number of hydrogen-bond donors (Lipinski definition) is 2.